The maximum Gasteiger partial charge on any atom is 0.0255 e. The van der Waals surface area contributed by atoms with Crippen molar-refractivity contribution in [2.75, 3.05) is 0 Å². The second-order valence-corrected chi connectivity index (χ2v) is 6.29. The first-order chi connectivity index (χ1) is 9.87. The predicted molar refractivity (Wildman–Crippen MR) is 84.9 cm³/mol. The first kappa shape index (κ1) is 12.2. The van der Waals surface area contributed by atoms with Gasteiger partial charge in [-0.15, -0.1) is 0 Å². The fourth-order valence-corrected chi connectivity index (χ4v) is 3.76. The van der Waals surface area contributed by atoms with Crippen molar-refractivity contribution in [3.8, 4) is 0 Å². The molecule has 1 nitrogen and oxygen atoms in total. The molecule has 1 N–H and O–H groups in total. The highest BCUT2D eigenvalue weighted by Crippen LogP contribution is 2.27. The van der Waals surface area contributed by atoms with E-state index in [4.69, 9.17) is 0 Å². The van der Waals surface area contributed by atoms with E-state index in [1.807, 2.05) is 0 Å². The molecule has 4 rings (SSSR count). The van der Waals surface area contributed by atoms with Gasteiger partial charge in [0.25, 0.3) is 0 Å². The van der Waals surface area contributed by atoms with Gasteiger partial charge in [0.05, 0.1) is 0 Å². The molecular formula is C19H21N. The lowest BCUT2D eigenvalue weighted by molar-refractivity contribution is 0.333. The molecule has 2 unspecified atom stereocenters. The third-order valence-electron chi connectivity index (χ3n) is 4.71. The van der Waals surface area contributed by atoms with E-state index < -0.39 is 0 Å². The summed E-state index contributed by atoms with van der Waals surface area (Å²) >= 11 is 0. The van der Waals surface area contributed by atoms with Gasteiger partial charge in [-0.2, -0.15) is 0 Å². The van der Waals surface area contributed by atoms with E-state index >= 15 is 0 Å². The zero-order valence-electron chi connectivity index (χ0n) is 11.8. The lowest BCUT2D eigenvalue weighted by atomic mass is 9.85. The van der Waals surface area contributed by atoms with Crippen LogP contribution in [0, 0.1) is 0 Å². The molecule has 2 aliphatic heterocycles. The van der Waals surface area contributed by atoms with Crippen molar-refractivity contribution in [3.05, 3.63) is 59.7 Å². The molecule has 2 aromatic rings. The van der Waals surface area contributed by atoms with Crippen LogP contribution in [-0.4, -0.2) is 12.1 Å². The van der Waals surface area contributed by atoms with Gasteiger partial charge in [0.2, 0.25) is 0 Å². The van der Waals surface area contributed by atoms with E-state index in [2.05, 4.69) is 53.9 Å². The summed E-state index contributed by atoms with van der Waals surface area (Å²) in [5.74, 6) is 0. The Hall–Kier alpha value is -1.60. The molecule has 0 aromatic heterocycles. The fraction of sp³-hybridized carbons (Fsp3) is 0.368. The molecule has 0 aliphatic carbocycles. The summed E-state index contributed by atoms with van der Waals surface area (Å²) in [6.07, 6.45) is 8.92. The van der Waals surface area contributed by atoms with E-state index in [-0.39, 0.29) is 0 Å². The van der Waals surface area contributed by atoms with Crippen LogP contribution in [0.15, 0.2) is 54.1 Å². The predicted octanol–water partition coefficient (Wildman–Crippen LogP) is 4.22. The minimum Gasteiger partial charge on any atom is -0.307 e. The first-order valence-electron chi connectivity index (χ1n) is 7.80. The Morgan fingerprint density at radius 2 is 1.90 bits per heavy atom. The Morgan fingerprint density at radius 3 is 2.80 bits per heavy atom. The van der Waals surface area contributed by atoms with Gasteiger partial charge >= 0.3 is 0 Å². The smallest absolute Gasteiger partial charge is 0.0255 e. The number of nitrogens with one attached hydrogen (secondary N) is 1. The standard InChI is InChI=1S/C19H21N/c1-2-5-17-11-14(8-9-16(17)4-1)10-15-12-18-6-3-7-19(13-15)20-18/h1-2,4-5,8-9,11-12,18-20H,3,6-7,10,13H2. The Bertz CT molecular complexity index is 656. The molecule has 0 amide bonds. The van der Waals surface area contributed by atoms with Crippen molar-refractivity contribution in [2.24, 2.45) is 0 Å². The van der Waals surface area contributed by atoms with Gasteiger partial charge in [0.1, 0.15) is 0 Å². The number of hydrogen-bond donors (Lipinski definition) is 1. The third kappa shape index (κ3) is 2.38. The average molecular weight is 263 g/mol. The van der Waals surface area contributed by atoms with Gasteiger partial charge in [0.15, 0.2) is 0 Å². The van der Waals surface area contributed by atoms with Crippen molar-refractivity contribution in [2.45, 2.75) is 44.2 Å². The molecule has 2 aromatic carbocycles. The SMILES string of the molecule is C1=C(Cc2ccc3ccccc3c2)CC2CCCC1N2. The number of hydrogen-bond acceptors (Lipinski definition) is 1. The lowest BCUT2D eigenvalue weighted by Gasteiger charge is -2.35. The zero-order valence-corrected chi connectivity index (χ0v) is 11.8. The topological polar surface area (TPSA) is 12.0 Å². The van der Waals surface area contributed by atoms with E-state index in [0.29, 0.717) is 6.04 Å². The quantitative estimate of drug-likeness (QED) is 0.800. The van der Waals surface area contributed by atoms with Crippen LogP contribution in [0.1, 0.15) is 31.2 Å². The van der Waals surface area contributed by atoms with Crippen LogP contribution < -0.4 is 5.32 Å². The Balaban J connectivity index is 1.59. The summed E-state index contributed by atoms with van der Waals surface area (Å²) in [5.41, 5.74) is 3.09. The van der Waals surface area contributed by atoms with E-state index in [0.717, 1.165) is 12.5 Å². The van der Waals surface area contributed by atoms with Crippen LogP contribution in [0.3, 0.4) is 0 Å². The van der Waals surface area contributed by atoms with Gasteiger partial charge in [-0.05, 0) is 42.0 Å². The second-order valence-electron chi connectivity index (χ2n) is 6.29. The molecule has 0 saturated carbocycles. The van der Waals surface area contributed by atoms with E-state index in [1.54, 1.807) is 5.57 Å². The molecule has 1 saturated heterocycles. The largest absolute Gasteiger partial charge is 0.307 e. The van der Waals surface area contributed by atoms with Crippen molar-refractivity contribution in [1.29, 1.82) is 0 Å². The van der Waals surface area contributed by atoms with Gasteiger partial charge in [-0.3, -0.25) is 0 Å². The number of fused-ring (bicyclic) bond motifs is 3. The molecule has 2 aliphatic rings. The molecule has 0 radical (unpaired) electrons. The highest BCUT2D eigenvalue weighted by molar-refractivity contribution is 5.83. The Morgan fingerprint density at radius 1 is 1.00 bits per heavy atom. The highest BCUT2D eigenvalue weighted by Gasteiger charge is 2.25. The molecule has 1 fully saturated rings. The third-order valence-corrected chi connectivity index (χ3v) is 4.71. The van der Waals surface area contributed by atoms with Crippen molar-refractivity contribution < 1.29 is 0 Å². The van der Waals surface area contributed by atoms with Gasteiger partial charge in [-0.1, -0.05) is 60.5 Å². The van der Waals surface area contributed by atoms with Crippen LogP contribution in [0.25, 0.3) is 10.8 Å². The van der Waals surface area contributed by atoms with Crippen molar-refractivity contribution >= 4 is 10.8 Å². The Labute approximate surface area is 120 Å². The molecular weight excluding hydrogens is 242 g/mol. The van der Waals surface area contributed by atoms with E-state index in [1.165, 1.54) is 42.0 Å². The maximum absolute atomic E-state index is 3.72. The molecule has 0 spiro atoms. The average Bonchev–Trinajstić information content (AvgIpc) is 2.47. The molecule has 20 heavy (non-hydrogen) atoms. The zero-order chi connectivity index (χ0) is 13.4. The van der Waals surface area contributed by atoms with Crippen molar-refractivity contribution in [3.63, 3.8) is 0 Å². The first-order valence-corrected chi connectivity index (χ1v) is 7.80. The number of rotatable bonds is 2. The van der Waals surface area contributed by atoms with Gasteiger partial charge in [0, 0.05) is 12.1 Å². The summed E-state index contributed by atoms with van der Waals surface area (Å²) in [5, 5.41) is 6.42. The molecule has 2 bridgehead atoms. The minimum absolute atomic E-state index is 0.637. The number of piperidine rings is 1. The van der Waals surface area contributed by atoms with Crippen LogP contribution in [0.2, 0.25) is 0 Å². The minimum atomic E-state index is 0.637. The maximum atomic E-state index is 3.72. The molecule has 2 heterocycles. The summed E-state index contributed by atoms with van der Waals surface area (Å²) in [6, 6.07) is 16.9. The van der Waals surface area contributed by atoms with Gasteiger partial charge < -0.3 is 5.32 Å². The summed E-state index contributed by atoms with van der Waals surface area (Å²) in [7, 11) is 0. The second kappa shape index (κ2) is 5.06. The van der Waals surface area contributed by atoms with Crippen LogP contribution >= 0.6 is 0 Å². The fourth-order valence-electron chi connectivity index (χ4n) is 3.76. The summed E-state index contributed by atoms with van der Waals surface area (Å²) < 4.78 is 0. The monoisotopic (exact) mass is 263 g/mol. The molecule has 102 valence electrons. The highest BCUT2D eigenvalue weighted by atomic mass is 15.0. The normalized spacial score (nSPS) is 25.5. The number of benzene rings is 2. The van der Waals surface area contributed by atoms with Crippen LogP contribution in [-0.2, 0) is 6.42 Å². The van der Waals surface area contributed by atoms with Gasteiger partial charge in [-0.25, -0.2) is 0 Å². The van der Waals surface area contributed by atoms with Crippen LogP contribution in [0.4, 0.5) is 0 Å². The van der Waals surface area contributed by atoms with Crippen molar-refractivity contribution in [1.82, 2.24) is 5.32 Å². The Kier molecular flexibility index (Phi) is 3.08. The summed E-state index contributed by atoms with van der Waals surface area (Å²) in [6.45, 7) is 0. The molecule has 2 atom stereocenters. The van der Waals surface area contributed by atoms with Crippen LogP contribution in [0.5, 0.6) is 0 Å². The summed E-state index contributed by atoms with van der Waals surface area (Å²) in [4.78, 5) is 0. The molecule has 1 heteroatoms. The van der Waals surface area contributed by atoms with E-state index in [9.17, 15) is 0 Å². The lowest BCUT2D eigenvalue weighted by Crippen LogP contribution is -2.44.